The Balaban J connectivity index is 2.02. The summed E-state index contributed by atoms with van der Waals surface area (Å²) in [7, 11) is 0. The Hall–Kier alpha value is -2.53. The second kappa shape index (κ2) is 6.08. The fourth-order valence-corrected chi connectivity index (χ4v) is 1.78. The van der Waals surface area contributed by atoms with Crippen molar-refractivity contribution < 1.29 is 15.0 Å². The second-order valence-corrected chi connectivity index (χ2v) is 4.40. The van der Waals surface area contributed by atoms with E-state index in [9.17, 15) is 15.0 Å². The van der Waals surface area contributed by atoms with Crippen molar-refractivity contribution in [2.45, 2.75) is 13.1 Å². The monoisotopic (exact) mass is 272 g/mol. The first-order chi connectivity index (χ1) is 9.60. The normalized spacial score (nSPS) is 10.2. The van der Waals surface area contributed by atoms with Gasteiger partial charge >= 0.3 is 0 Å². The molecule has 0 heterocycles. The Morgan fingerprint density at radius 3 is 2.35 bits per heavy atom. The van der Waals surface area contributed by atoms with Crippen molar-refractivity contribution in [3.05, 3.63) is 59.2 Å². The molecule has 2 aromatic carbocycles. The molecule has 0 unspecified atom stereocenters. The Kier molecular flexibility index (Phi) is 4.22. The van der Waals surface area contributed by atoms with Gasteiger partial charge in [0.1, 0.15) is 11.5 Å². The van der Waals surface area contributed by atoms with Gasteiger partial charge < -0.3 is 21.3 Å². The van der Waals surface area contributed by atoms with Crippen LogP contribution >= 0.6 is 0 Å². The maximum atomic E-state index is 11.9. The number of phenols is 2. The molecule has 1 amide bonds. The Labute approximate surface area is 116 Å². The van der Waals surface area contributed by atoms with Crippen LogP contribution in [0, 0.1) is 0 Å². The van der Waals surface area contributed by atoms with Crippen molar-refractivity contribution in [3.63, 3.8) is 0 Å². The summed E-state index contributed by atoms with van der Waals surface area (Å²) in [5.74, 6) is -0.680. The van der Waals surface area contributed by atoms with Gasteiger partial charge in [-0.2, -0.15) is 0 Å². The molecule has 2 rings (SSSR count). The summed E-state index contributed by atoms with van der Waals surface area (Å²) < 4.78 is 0. The standard InChI is InChI=1S/C15H16N2O3/c16-8-10-1-3-11(4-2-10)9-17-15(20)13-7-12(18)5-6-14(13)19/h1-7,18-19H,8-9,16H2,(H,17,20). The molecule has 5 nitrogen and oxygen atoms in total. The third-order valence-electron chi connectivity index (χ3n) is 2.94. The molecule has 0 saturated carbocycles. The van der Waals surface area contributed by atoms with Gasteiger partial charge in [-0.05, 0) is 29.3 Å². The number of rotatable bonds is 4. The zero-order valence-corrected chi connectivity index (χ0v) is 10.8. The third kappa shape index (κ3) is 3.27. The quantitative estimate of drug-likeness (QED) is 0.634. The Morgan fingerprint density at radius 2 is 1.70 bits per heavy atom. The van der Waals surface area contributed by atoms with E-state index in [1.807, 2.05) is 24.3 Å². The van der Waals surface area contributed by atoms with Gasteiger partial charge in [0.2, 0.25) is 0 Å². The van der Waals surface area contributed by atoms with Crippen molar-refractivity contribution in [2.24, 2.45) is 5.73 Å². The molecule has 0 fully saturated rings. The van der Waals surface area contributed by atoms with Crippen molar-refractivity contribution in [2.75, 3.05) is 0 Å². The molecular weight excluding hydrogens is 256 g/mol. The number of hydrogen-bond acceptors (Lipinski definition) is 4. The number of amides is 1. The number of carbonyl (C=O) groups is 1. The van der Waals surface area contributed by atoms with Crippen LogP contribution in [0.4, 0.5) is 0 Å². The number of nitrogens with two attached hydrogens (primary N) is 1. The van der Waals surface area contributed by atoms with Gasteiger partial charge in [-0.3, -0.25) is 4.79 Å². The van der Waals surface area contributed by atoms with Crippen molar-refractivity contribution in [1.82, 2.24) is 5.32 Å². The number of aromatic hydroxyl groups is 2. The molecular formula is C15H16N2O3. The maximum absolute atomic E-state index is 11.9. The summed E-state index contributed by atoms with van der Waals surface area (Å²) in [6.45, 7) is 0.808. The summed E-state index contributed by atoms with van der Waals surface area (Å²) >= 11 is 0. The highest BCUT2D eigenvalue weighted by Crippen LogP contribution is 2.21. The van der Waals surface area contributed by atoms with E-state index in [4.69, 9.17) is 5.73 Å². The van der Waals surface area contributed by atoms with E-state index in [2.05, 4.69) is 5.32 Å². The highest BCUT2D eigenvalue weighted by Gasteiger charge is 2.11. The summed E-state index contributed by atoms with van der Waals surface area (Å²) in [5.41, 5.74) is 7.50. The fraction of sp³-hybridized carbons (Fsp3) is 0.133. The second-order valence-electron chi connectivity index (χ2n) is 4.40. The van der Waals surface area contributed by atoms with Gasteiger partial charge in [-0.1, -0.05) is 24.3 Å². The van der Waals surface area contributed by atoms with Crippen LogP contribution in [-0.4, -0.2) is 16.1 Å². The van der Waals surface area contributed by atoms with Crippen LogP contribution in [-0.2, 0) is 13.1 Å². The first-order valence-electron chi connectivity index (χ1n) is 6.18. The predicted molar refractivity (Wildman–Crippen MR) is 75.3 cm³/mol. The highest BCUT2D eigenvalue weighted by molar-refractivity contribution is 5.97. The lowest BCUT2D eigenvalue weighted by molar-refractivity contribution is 0.0948. The van der Waals surface area contributed by atoms with Gasteiger partial charge in [0.05, 0.1) is 5.56 Å². The Morgan fingerprint density at radius 1 is 1.05 bits per heavy atom. The van der Waals surface area contributed by atoms with E-state index in [0.29, 0.717) is 13.1 Å². The topological polar surface area (TPSA) is 95.6 Å². The number of hydrogen-bond donors (Lipinski definition) is 4. The molecule has 0 radical (unpaired) electrons. The average molecular weight is 272 g/mol. The lowest BCUT2D eigenvalue weighted by atomic mass is 10.1. The van der Waals surface area contributed by atoms with Crippen molar-refractivity contribution >= 4 is 5.91 Å². The average Bonchev–Trinajstić information content (AvgIpc) is 2.47. The molecule has 0 spiro atoms. The van der Waals surface area contributed by atoms with Crippen LogP contribution in [0.5, 0.6) is 11.5 Å². The van der Waals surface area contributed by atoms with Gasteiger partial charge in [-0.15, -0.1) is 0 Å². The van der Waals surface area contributed by atoms with Crippen LogP contribution in [0.25, 0.3) is 0 Å². The minimum absolute atomic E-state index is 0.0450. The Bertz CT molecular complexity index is 609. The largest absolute Gasteiger partial charge is 0.508 e. The first kappa shape index (κ1) is 13.9. The molecule has 0 bridgehead atoms. The van der Waals surface area contributed by atoms with Gasteiger partial charge in [-0.25, -0.2) is 0 Å². The lowest BCUT2D eigenvalue weighted by Crippen LogP contribution is -2.22. The molecule has 104 valence electrons. The van der Waals surface area contributed by atoms with E-state index in [0.717, 1.165) is 11.1 Å². The van der Waals surface area contributed by atoms with E-state index in [1.165, 1.54) is 18.2 Å². The minimum atomic E-state index is -0.443. The van der Waals surface area contributed by atoms with Crippen LogP contribution in [0.1, 0.15) is 21.5 Å². The lowest BCUT2D eigenvalue weighted by Gasteiger charge is -2.08. The molecule has 20 heavy (non-hydrogen) atoms. The molecule has 2 aromatic rings. The van der Waals surface area contributed by atoms with Crippen molar-refractivity contribution in [1.29, 1.82) is 0 Å². The van der Waals surface area contributed by atoms with Crippen LogP contribution in [0.2, 0.25) is 0 Å². The fourth-order valence-electron chi connectivity index (χ4n) is 1.78. The maximum Gasteiger partial charge on any atom is 0.255 e. The molecule has 0 aromatic heterocycles. The zero-order chi connectivity index (χ0) is 14.5. The SMILES string of the molecule is NCc1ccc(CNC(=O)c2cc(O)ccc2O)cc1. The van der Waals surface area contributed by atoms with Crippen molar-refractivity contribution in [3.8, 4) is 11.5 Å². The smallest absolute Gasteiger partial charge is 0.255 e. The third-order valence-corrected chi connectivity index (χ3v) is 2.94. The molecule has 5 N–H and O–H groups in total. The number of carbonyl (C=O) groups excluding carboxylic acids is 1. The molecule has 0 saturated heterocycles. The molecule has 0 aliphatic carbocycles. The highest BCUT2D eigenvalue weighted by atomic mass is 16.3. The number of nitrogens with one attached hydrogen (secondary N) is 1. The van der Waals surface area contributed by atoms with Gasteiger partial charge in [0.25, 0.3) is 5.91 Å². The molecule has 0 aliphatic rings. The zero-order valence-electron chi connectivity index (χ0n) is 10.8. The summed E-state index contributed by atoms with van der Waals surface area (Å²) in [6, 6.07) is 11.4. The van der Waals surface area contributed by atoms with Crippen LogP contribution < -0.4 is 11.1 Å². The first-order valence-corrected chi connectivity index (χ1v) is 6.18. The summed E-state index contributed by atoms with van der Waals surface area (Å²) in [4.78, 5) is 11.9. The van der Waals surface area contributed by atoms with E-state index in [-0.39, 0.29) is 17.1 Å². The van der Waals surface area contributed by atoms with E-state index >= 15 is 0 Å². The molecule has 5 heteroatoms. The van der Waals surface area contributed by atoms with E-state index in [1.54, 1.807) is 0 Å². The summed E-state index contributed by atoms with van der Waals surface area (Å²) in [6.07, 6.45) is 0. The van der Waals surface area contributed by atoms with E-state index < -0.39 is 5.91 Å². The molecule has 0 atom stereocenters. The van der Waals surface area contributed by atoms with Gasteiger partial charge in [0, 0.05) is 13.1 Å². The molecule has 0 aliphatic heterocycles. The number of benzene rings is 2. The van der Waals surface area contributed by atoms with Crippen LogP contribution in [0.3, 0.4) is 0 Å². The van der Waals surface area contributed by atoms with Crippen LogP contribution in [0.15, 0.2) is 42.5 Å². The van der Waals surface area contributed by atoms with Gasteiger partial charge in [0.15, 0.2) is 0 Å². The minimum Gasteiger partial charge on any atom is -0.508 e. The predicted octanol–water partition coefficient (Wildman–Crippen LogP) is 1.49. The summed E-state index contributed by atoms with van der Waals surface area (Å²) in [5, 5.41) is 21.6. The number of phenolic OH excluding ortho intramolecular Hbond substituents is 2.